The zero-order valence-corrected chi connectivity index (χ0v) is 22.9. The van der Waals surface area contributed by atoms with Crippen molar-refractivity contribution in [2.24, 2.45) is 5.92 Å². The van der Waals surface area contributed by atoms with Crippen molar-refractivity contribution >= 4 is 17.6 Å². The van der Waals surface area contributed by atoms with Crippen LogP contribution in [0.3, 0.4) is 0 Å². The molecule has 2 aliphatic heterocycles. The summed E-state index contributed by atoms with van der Waals surface area (Å²) >= 11 is 0. The number of carbonyl (C=O) groups is 3. The van der Waals surface area contributed by atoms with E-state index in [9.17, 15) is 23.2 Å². The SMILES string of the molecule is O=C1CCc2cccc(c2)OCCCC[C@@H](C(=O)NC2CCCC2)NC(=O)[C@H](CCN2CCC(F)(F)CC2)C1. The molecule has 0 spiro atoms. The summed E-state index contributed by atoms with van der Waals surface area (Å²) in [6.45, 7) is 1.53. The normalized spacial score (nSPS) is 26.0. The minimum absolute atomic E-state index is 0.0225. The zero-order chi connectivity index (χ0) is 27.7. The Morgan fingerprint density at radius 1 is 1.05 bits per heavy atom. The summed E-state index contributed by atoms with van der Waals surface area (Å²) in [4.78, 5) is 41.7. The highest BCUT2D eigenvalue weighted by Crippen LogP contribution is 2.28. The van der Waals surface area contributed by atoms with E-state index >= 15 is 0 Å². The first kappa shape index (κ1) is 29.4. The van der Waals surface area contributed by atoms with Gasteiger partial charge in [-0.2, -0.15) is 0 Å². The van der Waals surface area contributed by atoms with Gasteiger partial charge in [0.25, 0.3) is 5.92 Å². The molecule has 39 heavy (non-hydrogen) atoms. The summed E-state index contributed by atoms with van der Waals surface area (Å²) in [7, 11) is 0. The Hall–Kier alpha value is -2.55. The Morgan fingerprint density at radius 2 is 1.79 bits per heavy atom. The molecule has 2 fully saturated rings. The number of alkyl halides is 2. The number of Topliss-reactive ketones (excluding diaryl/α,β-unsaturated/α-hetero) is 1. The molecule has 1 saturated heterocycles. The third-order valence-corrected chi connectivity index (χ3v) is 8.31. The number of hydrogen-bond donors (Lipinski definition) is 2. The minimum atomic E-state index is -2.63. The maximum Gasteiger partial charge on any atom is 0.250 e. The Kier molecular flexibility index (Phi) is 10.7. The van der Waals surface area contributed by atoms with Gasteiger partial charge in [-0.15, -0.1) is 0 Å². The lowest BCUT2D eigenvalue weighted by Crippen LogP contribution is -2.51. The molecular weight excluding hydrogens is 504 g/mol. The van der Waals surface area contributed by atoms with Crippen molar-refractivity contribution < 1.29 is 27.9 Å². The number of hydrogen-bond acceptors (Lipinski definition) is 5. The average Bonchev–Trinajstić information content (AvgIpc) is 3.42. The van der Waals surface area contributed by atoms with E-state index in [1.165, 1.54) is 0 Å². The number of nitrogens with one attached hydrogen (secondary N) is 2. The molecule has 0 radical (unpaired) electrons. The van der Waals surface area contributed by atoms with Crippen LogP contribution in [0.2, 0.25) is 0 Å². The summed E-state index contributed by atoms with van der Waals surface area (Å²) in [5, 5.41) is 6.08. The summed E-state index contributed by atoms with van der Waals surface area (Å²) in [5.41, 5.74) is 1.01. The van der Waals surface area contributed by atoms with Crippen molar-refractivity contribution in [1.29, 1.82) is 0 Å². The molecular formula is C30H43F2N3O4. The number of benzene rings is 1. The average molecular weight is 548 g/mol. The predicted molar refractivity (Wildman–Crippen MR) is 145 cm³/mol. The van der Waals surface area contributed by atoms with Crippen LogP contribution in [-0.4, -0.2) is 66.7 Å². The van der Waals surface area contributed by atoms with Crippen molar-refractivity contribution in [2.75, 3.05) is 26.2 Å². The molecule has 2 atom stereocenters. The number of fused-ring (bicyclic) bond motifs is 2. The van der Waals surface area contributed by atoms with Crippen molar-refractivity contribution in [2.45, 2.75) is 101 Å². The number of ketones is 1. The fourth-order valence-corrected chi connectivity index (χ4v) is 5.79. The summed E-state index contributed by atoms with van der Waals surface area (Å²) in [5.74, 6) is -2.97. The Balaban J connectivity index is 1.45. The fourth-order valence-electron chi connectivity index (χ4n) is 5.79. The van der Waals surface area contributed by atoms with Crippen LogP contribution in [0.25, 0.3) is 0 Å². The van der Waals surface area contributed by atoms with Gasteiger partial charge in [0.05, 0.1) is 6.61 Å². The number of carbonyl (C=O) groups excluding carboxylic acids is 3. The molecule has 216 valence electrons. The maximum atomic E-state index is 13.6. The second kappa shape index (κ2) is 14.2. The molecule has 0 aromatic heterocycles. The van der Waals surface area contributed by atoms with Crippen molar-refractivity contribution in [3.05, 3.63) is 29.8 Å². The molecule has 1 aliphatic carbocycles. The highest BCUT2D eigenvalue weighted by atomic mass is 19.3. The van der Waals surface area contributed by atoms with Crippen LogP contribution in [0, 0.1) is 5.92 Å². The molecule has 2 heterocycles. The second-order valence-corrected chi connectivity index (χ2v) is 11.5. The molecule has 2 N–H and O–H groups in total. The van der Waals surface area contributed by atoms with Crippen molar-refractivity contribution in [3.8, 4) is 5.75 Å². The van der Waals surface area contributed by atoms with E-state index < -0.39 is 17.9 Å². The van der Waals surface area contributed by atoms with Gasteiger partial charge in [0.2, 0.25) is 11.8 Å². The van der Waals surface area contributed by atoms with Gasteiger partial charge in [-0.25, -0.2) is 8.78 Å². The van der Waals surface area contributed by atoms with E-state index in [0.29, 0.717) is 45.3 Å². The Bertz CT molecular complexity index is 973. The van der Waals surface area contributed by atoms with E-state index in [1.807, 2.05) is 29.2 Å². The Morgan fingerprint density at radius 3 is 2.56 bits per heavy atom. The molecule has 7 nitrogen and oxygen atoms in total. The van der Waals surface area contributed by atoms with E-state index in [1.54, 1.807) is 0 Å². The first-order chi connectivity index (χ1) is 18.8. The van der Waals surface area contributed by atoms with Gasteiger partial charge in [-0.05, 0) is 69.2 Å². The molecule has 2 bridgehead atoms. The maximum absolute atomic E-state index is 13.6. The monoisotopic (exact) mass is 547 g/mol. The van der Waals surface area contributed by atoms with Crippen molar-refractivity contribution in [3.63, 3.8) is 0 Å². The molecule has 1 aromatic carbocycles. The second-order valence-electron chi connectivity index (χ2n) is 11.5. The van der Waals surface area contributed by atoms with Gasteiger partial charge >= 0.3 is 0 Å². The van der Waals surface area contributed by atoms with Crippen LogP contribution in [0.15, 0.2) is 24.3 Å². The molecule has 4 rings (SSSR count). The van der Waals surface area contributed by atoms with Crippen LogP contribution < -0.4 is 15.4 Å². The first-order valence-electron chi connectivity index (χ1n) is 14.7. The zero-order valence-electron chi connectivity index (χ0n) is 22.9. The van der Waals surface area contributed by atoms with Gasteiger partial charge in [-0.1, -0.05) is 25.0 Å². The number of nitrogens with zero attached hydrogens (tertiary/aromatic N) is 1. The third-order valence-electron chi connectivity index (χ3n) is 8.31. The smallest absolute Gasteiger partial charge is 0.250 e. The van der Waals surface area contributed by atoms with Gasteiger partial charge in [0, 0.05) is 50.7 Å². The topological polar surface area (TPSA) is 87.7 Å². The number of ether oxygens (including phenoxy) is 1. The number of aryl methyl sites for hydroxylation is 1. The quantitative estimate of drug-likeness (QED) is 0.570. The van der Waals surface area contributed by atoms with Gasteiger partial charge < -0.3 is 20.3 Å². The minimum Gasteiger partial charge on any atom is -0.494 e. The molecule has 9 heteroatoms. The van der Waals surface area contributed by atoms with Crippen LogP contribution in [0.5, 0.6) is 5.75 Å². The molecule has 3 aliphatic rings. The number of amides is 2. The lowest BCUT2D eigenvalue weighted by molar-refractivity contribution is -0.133. The molecule has 1 aromatic rings. The van der Waals surface area contributed by atoms with Gasteiger partial charge in [0.15, 0.2) is 0 Å². The molecule has 1 saturated carbocycles. The van der Waals surface area contributed by atoms with Crippen LogP contribution in [0.4, 0.5) is 8.78 Å². The highest BCUT2D eigenvalue weighted by molar-refractivity contribution is 5.91. The summed E-state index contributed by atoms with van der Waals surface area (Å²) in [6, 6.07) is 7.19. The highest BCUT2D eigenvalue weighted by Gasteiger charge is 2.35. The third kappa shape index (κ3) is 9.55. The van der Waals surface area contributed by atoms with Crippen LogP contribution >= 0.6 is 0 Å². The van der Waals surface area contributed by atoms with E-state index in [4.69, 9.17) is 4.74 Å². The molecule has 2 amide bonds. The van der Waals surface area contributed by atoms with Crippen LogP contribution in [0.1, 0.15) is 82.6 Å². The molecule has 0 unspecified atom stereocenters. The van der Waals surface area contributed by atoms with Gasteiger partial charge in [-0.3, -0.25) is 14.4 Å². The van der Waals surface area contributed by atoms with Crippen molar-refractivity contribution in [1.82, 2.24) is 15.5 Å². The number of likely N-dealkylation sites (tertiary alicyclic amines) is 1. The lowest BCUT2D eigenvalue weighted by Gasteiger charge is -2.32. The Labute approximate surface area is 230 Å². The van der Waals surface area contributed by atoms with E-state index in [2.05, 4.69) is 10.6 Å². The standard InChI is InChI=1S/C30H43F2N3O4/c31-30(32)14-17-35(18-15-30)16-13-23-21-25(36)12-11-22-6-5-9-26(20-22)39-19-4-3-10-27(34-28(23)37)29(38)33-24-7-1-2-8-24/h5-6,9,20,23-24,27H,1-4,7-8,10-19,21H2,(H,33,38)(H,34,37)/t23-,27+/m1/s1. The fraction of sp³-hybridized carbons (Fsp3) is 0.700. The number of piperidine rings is 1. The number of rotatable bonds is 5. The van der Waals surface area contributed by atoms with Crippen LogP contribution in [-0.2, 0) is 20.8 Å². The first-order valence-corrected chi connectivity index (χ1v) is 14.7. The lowest BCUT2D eigenvalue weighted by atomic mass is 9.93. The number of halogens is 2. The summed E-state index contributed by atoms with van der Waals surface area (Å²) < 4.78 is 33.1. The summed E-state index contributed by atoms with van der Waals surface area (Å²) in [6.07, 6.45) is 6.96. The van der Waals surface area contributed by atoms with Gasteiger partial charge in [0.1, 0.15) is 17.6 Å². The van der Waals surface area contributed by atoms with E-state index in [0.717, 1.165) is 43.4 Å². The van der Waals surface area contributed by atoms with E-state index in [-0.39, 0.29) is 56.0 Å². The predicted octanol–water partition coefficient (Wildman–Crippen LogP) is 4.42. The largest absolute Gasteiger partial charge is 0.494 e.